The van der Waals surface area contributed by atoms with E-state index in [-0.39, 0.29) is 11.6 Å². The van der Waals surface area contributed by atoms with Gasteiger partial charge in [0.15, 0.2) is 0 Å². The third-order valence-corrected chi connectivity index (χ3v) is 2.80. The van der Waals surface area contributed by atoms with E-state index >= 15 is 0 Å². The number of anilines is 3. The number of nitriles is 1. The Balaban J connectivity index is 2.35. The normalized spacial score (nSPS) is 9.61. The lowest BCUT2D eigenvalue weighted by atomic mass is 10.3. The van der Waals surface area contributed by atoms with E-state index in [9.17, 15) is 0 Å². The van der Waals surface area contributed by atoms with Gasteiger partial charge in [-0.3, -0.25) is 5.43 Å². The molecule has 0 amide bonds. The van der Waals surface area contributed by atoms with Crippen LogP contribution in [0.15, 0.2) is 34.8 Å². The van der Waals surface area contributed by atoms with Crippen LogP contribution < -0.4 is 16.6 Å². The fourth-order valence-electron chi connectivity index (χ4n) is 1.33. The summed E-state index contributed by atoms with van der Waals surface area (Å²) < 4.78 is 0.893. The summed E-state index contributed by atoms with van der Waals surface area (Å²) in [5.74, 6) is 5.92. The highest BCUT2D eigenvalue weighted by molar-refractivity contribution is 9.10. The van der Waals surface area contributed by atoms with Crippen molar-refractivity contribution in [1.29, 1.82) is 5.26 Å². The highest BCUT2D eigenvalue weighted by Gasteiger charge is 2.05. The summed E-state index contributed by atoms with van der Waals surface area (Å²) in [5.41, 5.74) is 3.38. The third-order valence-electron chi connectivity index (χ3n) is 2.11. The number of halogens is 1. The van der Waals surface area contributed by atoms with Crippen molar-refractivity contribution < 1.29 is 0 Å². The van der Waals surface area contributed by atoms with Crippen molar-refractivity contribution in [3.63, 3.8) is 0 Å². The predicted molar refractivity (Wildman–Crippen MR) is 72.0 cm³/mol. The molecule has 6 nitrogen and oxygen atoms in total. The molecule has 1 heterocycles. The summed E-state index contributed by atoms with van der Waals surface area (Å²) in [4.78, 5) is 7.98. The molecule has 18 heavy (non-hydrogen) atoms. The zero-order valence-electron chi connectivity index (χ0n) is 9.18. The summed E-state index contributed by atoms with van der Waals surface area (Å²) in [6.07, 6.45) is 0. The zero-order valence-corrected chi connectivity index (χ0v) is 10.8. The molecule has 0 unspecified atom stereocenters. The minimum Gasteiger partial charge on any atom is -0.339 e. The second-order valence-electron chi connectivity index (χ2n) is 3.32. The van der Waals surface area contributed by atoms with Crippen LogP contribution in [-0.2, 0) is 0 Å². The minimum absolute atomic E-state index is 0.184. The van der Waals surface area contributed by atoms with Gasteiger partial charge in [-0.1, -0.05) is 12.1 Å². The Morgan fingerprint density at radius 3 is 2.72 bits per heavy atom. The molecule has 2 aromatic rings. The molecule has 0 fully saturated rings. The first kappa shape index (κ1) is 12.3. The number of hydrogen-bond donors (Lipinski definition) is 3. The van der Waals surface area contributed by atoms with Crippen LogP contribution in [0.25, 0.3) is 0 Å². The number of rotatable bonds is 3. The lowest BCUT2D eigenvalue weighted by molar-refractivity contribution is 1.10. The molecule has 0 spiro atoms. The molecular weight excluding hydrogens is 296 g/mol. The van der Waals surface area contributed by atoms with E-state index in [0.717, 1.165) is 10.2 Å². The standard InChI is InChI=1S/C11H9BrN6/c12-8-3-1-2-4-9(8)16-10-5-7(6-13)15-11(17-10)18-14/h1-5H,14H2,(H2,15,16,17,18). The number of hydrazine groups is 1. The van der Waals surface area contributed by atoms with Crippen LogP contribution in [-0.4, -0.2) is 9.97 Å². The summed E-state index contributed by atoms with van der Waals surface area (Å²) in [6, 6.07) is 11.1. The average molecular weight is 305 g/mol. The summed E-state index contributed by atoms with van der Waals surface area (Å²) in [7, 11) is 0. The number of nitrogens with one attached hydrogen (secondary N) is 2. The summed E-state index contributed by atoms with van der Waals surface area (Å²) in [5, 5.41) is 11.9. The van der Waals surface area contributed by atoms with E-state index < -0.39 is 0 Å². The van der Waals surface area contributed by atoms with Gasteiger partial charge in [0.1, 0.15) is 17.6 Å². The van der Waals surface area contributed by atoms with E-state index in [1.807, 2.05) is 30.3 Å². The van der Waals surface area contributed by atoms with Crippen LogP contribution in [0.5, 0.6) is 0 Å². The third kappa shape index (κ3) is 2.74. The molecule has 0 saturated heterocycles. The number of nitrogens with two attached hydrogens (primary N) is 1. The molecule has 2 rings (SSSR count). The Morgan fingerprint density at radius 1 is 1.28 bits per heavy atom. The summed E-state index contributed by atoms with van der Waals surface area (Å²) >= 11 is 3.41. The molecule has 1 aromatic heterocycles. The molecule has 1 aromatic carbocycles. The van der Waals surface area contributed by atoms with Gasteiger partial charge in [-0.2, -0.15) is 10.2 Å². The molecule has 7 heteroatoms. The van der Waals surface area contributed by atoms with Gasteiger partial charge >= 0.3 is 0 Å². The number of nitrogens with zero attached hydrogens (tertiary/aromatic N) is 3. The first-order valence-electron chi connectivity index (χ1n) is 5.00. The molecule has 0 bridgehead atoms. The van der Waals surface area contributed by atoms with E-state index in [1.54, 1.807) is 6.07 Å². The average Bonchev–Trinajstić information content (AvgIpc) is 2.41. The van der Waals surface area contributed by atoms with Gasteiger partial charge in [-0.05, 0) is 28.1 Å². The van der Waals surface area contributed by atoms with E-state index in [0.29, 0.717) is 5.82 Å². The Hall–Kier alpha value is -2.17. The number of aromatic nitrogens is 2. The predicted octanol–water partition coefficient (Wildman–Crippen LogP) is 2.14. The van der Waals surface area contributed by atoms with Crippen molar-refractivity contribution in [2.45, 2.75) is 0 Å². The van der Waals surface area contributed by atoms with E-state index in [4.69, 9.17) is 11.1 Å². The molecule has 0 saturated carbocycles. The van der Waals surface area contributed by atoms with Crippen molar-refractivity contribution >= 4 is 33.4 Å². The maximum atomic E-state index is 8.86. The van der Waals surface area contributed by atoms with Crippen LogP contribution >= 0.6 is 15.9 Å². The largest absolute Gasteiger partial charge is 0.339 e. The van der Waals surface area contributed by atoms with Crippen molar-refractivity contribution in [2.75, 3.05) is 10.7 Å². The second-order valence-corrected chi connectivity index (χ2v) is 4.18. The van der Waals surface area contributed by atoms with Crippen LogP contribution in [0.1, 0.15) is 5.69 Å². The molecule has 0 aliphatic rings. The molecule has 0 aliphatic carbocycles. The number of para-hydroxylation sites is 1. The Labute approximate surface area is 112 Å². The van der Waals surface area contributed by atoms with Gasteiger partial charge in [0.25, 0.3) is 0 Å². The van der Waals surface area contributed by atoms with Gasteiger partial charge in [-0.25, -0.2) is 10.8 Å². The molecule has 0 radical (unpaired) electrons. The Kier molecular flexibility index (Phi) is 3.72. The molecule has 0 aliphatic heterocycles. The number of hydrogen-bond acceptors (Lipinski definition) is 6. The SMILES string of the molecule is N#Cc1cc(Nc2ccccc2Br)nc(NN)n1. The van der Waals surface area contributed by atoms with Gasteiger partial charge in [0.2, 0.25) is 5.95 Å². The van der Waals surface area contributed by atoms with Crippen LogP contribution in [0.2, 0.25) is 0 Å². The molecular formula is C11H9BrN6. The van der Waals surface area contributed by atoms with Crippen LogP contribution in [0.3, 0.4) is 0 Å². The fourth-order valence-corrected chi connectivity index (χ4v) is 1.72. The number of nitrogen functional groups attached to an aromatic ring is 1. The lowest BCUT2D eigenvalue weighted by Gasteiger charge is -2.08. The first-order chi connectivity index (χ1) is 8.72. The topological polar surface area (TPSA) is 99.7 Å². The first-order valence-corrected chi connectivity index (χ1v) is 5.79. The monoisotopic (exact) mass is 304 g/mol. The second kappa shape index (κ2) is 5.44. The van der Waals surface area contributed by atoms with Crippen LogP contribution in [0.4, 0.5) is 17.5 Å². The number of benzene rings is 1. The Bertz CT molecular complexity index is 607. The van der Waals surface area contributed by atoms with E-state index in [2.05, 4.69) is 36.6 Å². The van der Waals surface area contributed by atoms with Crippen LogP contribution in [0, 0.1) is 11.3 Å². The summed E-state index contributed by atoms with van der Waals surface area (Å²) in [6.45, 7) is 0. The zero-order chi connectivity index (χ0) is 13.0. The lowest BCUT2D eigenvalue weighted by Crippen LogP contribution is -2.12. The van der Waals surface area contributed by atoms with Gasteiger partial charge in [-0.15, -0.1) is 0 Å². The van der Waals surface area contributed by atoms with Crippen molar-refractivity contribution in [3.8, 4) is 6.07 Å². The quantitative estimate of drug-likeness (QED) is 0.593. The van der Waals surface area contributed by atoms with Crippen molar-refractivity contribution in [3.05, 3.63) is 40.5 Å². The smallest absolute Gasteiger partial charge is 0.240 e. The fraction of sp³-hybridized carbons (Fsp3) is 0. The maximum Gasteiger partial charge on any atom is 0.240 e. The Morgan fingerprint density at radius 2 is 2.06 bits per heavy atom. The van der Waals surface area contributed by atoms with E-state index in [1.165, 1.54) is 0 Å². The minimum atomic E-state index is 0.184. The molecule has 90 valence electrons. The highest BCUT2D eigenvalue weighted by Crippen LogP contribution is 2.24. The van der Waals surface area contributed by atoms with Gasteiger partial charge in [0.05, 0.1) is 5.69 Å². The van der Waals surface area contributed by atoms with Gasteiger partial charge in [0, 0.05) is 10.5 Å². The molecule has 0 atom stereocenters. The maximum absolute atomic E-state index is 8.86. The molecule has 4 N–H and O–H groups in total. The van der Waals surface area contributed by atoms with Crippen molar-refractivity contribution in [1.82, 2.24) is 9.97 Å². The highest BCUT2D eigenvalue weighted by atomic mass is 79.9. The van der Waals surface area contributed by atoms with Gasteiger partial charge < -0.3 is 5.32 Å². The van der Waals surface area contributed by atoms with Crippen molar-refractivity contribution in [2.24, 2.45) is 5.84 Å².